The van der Waals surface area contributed by atoms with Gasteiger partial charge in [-0.25, -0.2) is 18.4 Å². The highest BCUT2D eigenvalue weighted by Gasteiger charge is 2.65. The van der Waals surface area contributed by atoms with Gasteiger partial charge in [-0.15, -0.1) is 0 Å². The Labute approximate surface area is 241 Å². The van der Waals surface area contributed by atoms with Gasteiger partial charge in [0.15, 0.2) is 14.9 Å². The summed E-state index contributed by atoms with van der Waals surface area (Å²) in [5.41, 5.74) is 1.21. The lowest BCUT2D eigenvalue weighted by molar-refractivity contribution is -0.161. The molecule has 4 heterocycles. The third kappa shape index (κ3) is 4.89. The second-order valence-electron chi connectivity index (χ2n) is 10.2. The Balaban J connectivity index is 1.41. The Morgan fingerprint density at radius 2 is 1.85 bits per heavy atom. The number of aromatic nitrogens is 3. The number of fused-ring (bicyclic) bond motifs is 3. The number of sulfone groups is 1. The van der Waals surface area contributed by atoms with E-state index in [1.807, 2.05) is 12.1 Å². The van der Waals surface area contributed by atoms with Gasteiger partial charge in [-0.3, -0.25) is 9.78 Å². The van der Waals surface area contributed by atoms with E-state index in [0.29, 0.717) is 28.9 Å². The van der Waals surface area contributed by atoms with E-state index in [4.69, 9.17) is 4.74 Å². The van der Waals surface area contributed by atoms with Crippen LogP contribution in [0.3, 0.4) is 0 Å². The molecule has 0 saturated heterocycles. The van der Waals surface area contributed by atoms with Gasteiger partial charge in [-0.05, 0) is 70.2 Å². The predicted octanol–water partition coefficient (Wildman–Crippen LogP) is 5.66. The molecule has 13 heteroatoms. The van der Waals surface area contributed by atoms with E-state index in [1.54, 1.807) is 6.07 Å². The molecule has 1 aromatic carbocycles. The molecule has 0 unspecified atom stereocenters. The Bertz CT molecular complexity index is 1810. The van der Waals surface area contributed by atoms with Crippen molar-refractivity contribution < 1.29 is 31.1 Å². The molecule has 41 heavy (non-hydrogen) atoms. The summed E-state index contributed by atoms with van der Waals surface area (Å²) in [7, 11) is -3.85. The monoisotopic (exact) mass is 646 g/mol. The smallest absolute Gasteiger partial charge is 0.372 e. The average molecular weight is 647 g/mol. The third-order valence-electron chi connectivity index (χ3n) is 7.48. The zero-order chi connectivity index (χ0) is 29.2. The highest BCUT2D eigenvalue weighted by Crippen LogP contribution is 2.58. The van der Waals surface area contributed by atoms with Crippen molar-refractivity contribution in [2.45, 2.75) is 49.2 Å². The summed E-state index contributed by atoms with van der Waals surface area (Å²) in [6.07, 6.45) is -1.15. The van der Waals surface area contributed by atoms with E-state index in [2.05, 4.69) is 30.9 Å². The number of halogens is 4. The van der Waals surface area contributed by atoms with E-state index in [9.17, 15) is 26.4 Å². The maximum atomic E-state index is 13.9. The van der Waals surface area contributed by atoms with Crippen molar-refractivity contribution in [1.29, 1.82) is 0 Å². The van der Waals surface area contributed by atoms with Gasteiger partial charge in [0, 0.05) is 29.6 Å². The third-order valence-corrected chi connectivity index (χ3v) is 9.16. The van der Waals surface area contributed by atoms with Crippen molar-refractivity contribution in [2.24, 2.45) is 0 Å². The molecule has 1 saturated carbocycles. The summed E-state index contributed by atoms with van der Waals surface area (Å²) in [6, 6.07) is 11.0. The van der Waals surface area contributed by atoms with Crippen molar-refractivity contribution in [3.05, 3.63) is 87.4 Å². The molecule has 1 aliphatic carbocycles. The number of pyridine rings is 3. The zero-order valence-electron chi connectivity index (χ0n) is 21.6. The van der Waals surface area contributed by atoms with Crippen molar-refractivity contribution in [3.8, 4) is 0 Å². The fourth-order valence-corrected chi connectivity index (χ4v) is 6.50. The van der Waals surface area contributed by atoms with E-state index >= 15 is 0 Å². The second-order valence-corrected chi connectivity index (χ2v) is 12.9. The molecule has 0 radical (unpaired) electrons. The van der Waals surface area contributed by atoms with Gasteiger partial charge in [0.2, 0.25) is 0 Å². The molecular weight excluding hydrogens is 625 g/mol. The number of benzene rings is 1. The summed E-state index contributed by atoms with van der Waals surface area (Å²) in [6.45, 7) is 0.835. The van der Waals surface area contributed by atoms with Crippen molar-refractivity contribution in [3.63, 3.8) is 0 Å². The number of alkyl halides is 3. The van der Waals surface area contributed by atoms with E-state index < -0.39 is 27.3 Å². The van der Waals surface area contributed by atoms with Crippen LogP contribution in [0.15, 0.2) is 64.5 Å². The average Bonchev–Trinajstić information content (AvgIpc) is 3.61. The van der Waals surface area contributed by atoms with Gasteiger partial charge in [0.1, 0.15) is 10.0 Å². The fourth-order valence-electron chi connectivity index (χ4n) is 5.14. The number of ether oxygens (including phenoxy) is 1. The summed E-state index contributed by atoms with van der Waals surface area (Å²) < 4.78 is 72.3. The normalized spacial score (nSPS) is 16.0. The first-order valence-electron chi connectivity index (χ1n) is 12.6. The topological polar surface area (TPSA) is 102 Å². The van der Waals surface area contributed by atoms with Crippen molar-refractivity contribution in [1.82, 2.24) is 15.0 Å². The van der Waals surface area contributed by atoms with Gasteiger partial charge in [0.05, 0.1) is 42.2 Å². The van der Waals surface area contributed by atoms with Crippen LogP contribution >= 0.6 is 15.9 Å². The Morgan fingerprint density at radius 3 is 2.51 bits per heavy atom. The number of carbonyl (C=O) groups excluding carboxylic acids is 1. The molecule has 1 fully saturated rings. The number of nitrogens with zero attached hydrogens (tertiary/aromatic N) is 4. The molecule has 2 aliphatic rings. The Kier molecular flexibility index (Phi) is 6.66. The number of carbonyl (C=O) groups is 1. The molecule has 3 aromatic heterocycles. The molecule has 212 valence electrons. The minimum Gasteiger partial charge on any atom is -0.372 e. The number of hydrogen-bond acceptors (Lipinski definition) is 7. The van der Waals surface area contributed by atoms with Crippen molar-refractivity contribution >= 4 is 48.3 Å². The minimum absolute atomic E-state index is 0.00616. The maximum absolute atomic E-state index is 13.9. The number of anilines is 1. The first-order chi connectivity index (χ1) is 19.4. The van der Waals surface area contributed by atoms with Gasteiger partial charge in [-0.1, -0.05) is 12.1 Å². The zero-order valence-corrected chi connectivity index (χ0v) is 24.0. The van der Waals surface area contributed by atoms with Crippen LogP contribution in [0.1, 0.15) is 45.6 Å². The summed E-state index contributed by atoms with van der Waals surface area (Å²) in [4.78, 5) is 27.8. The lowest BCUT2D eigenvalue weighted by atomic mass is 10.0. The molecule has 6 rings (SSSR count). The van der Waals surface area contributed by atoms with Crippen LogP contribution < -0.4 is 4.90 Å². The molecule has 0 bridgehead atoms. The Hall–Kier alpha value is -3.42. The van der Waals surface area contributed by atoms with Gasteiger partial charge >= 0.3 is 6.18 Å². The van der Waals surface area contributed by atoms with Crippen LogP contribution in [0.4, 0.5) is 18.9 Å². The molecule has 0 atom stereocenters. The van der Waals surface area contributed by atoms with Crippen LogP contribution in [-0.4, -0.2) is 41.7 Å². The van der Waals surface area contributed by atoms with Crippen molar-refractivity contribution in [2.75, 3.05) is 11.2 Å². The molecule has 0 spiro atoms. The number of amides is 1. The summed E-state index contributed by atoms with van der Waals surface area (Å²) in [5, 5.41) is 0.600. The second kappa shape index (κ2) is 9.85. The first kappa shape index (κ1) is 27.7. The number of hydrogen-bond donors (Lipinski definition) is 0. The maximum Gasteiger partial charge on any atom is 0.399 e. The highest BCUT2D eigenvalue weighted by molar-refractivity contribution is 9.10. The first-order valence-corrected chi connectivity index (χ1v) is 15.3. The molecular formula is C28H22BrF3N4O4S. The number of rotatable bonds is 6. The van der Waals surface area contributed by atoms with Crippen LogP contribution in [0.25, 0.3) is 10.9 Å². The van der Waals surface area contributed by atoms with E-state index in [1.165, 1.54) is 35.4 Å². The Morgan fingerprint density at radius 1 is 1.10 bits per heavy atom. The van der Waals surface area contributed by atoms with Crippen LogP contribution in [0.5, 0.6) is 0 Å². The SMILES string of the molecule is CS(=O)(=O)c1ncccc1N(Cc1ccc2c3c(c(Br)nc2c1)COC3)C(=O)c1ccc(C2(C(F)(F)F)CC2)nc1. The minimum atomic E-state index is -4.44. The molecule has 1 aliphatic heterocycles. The van der Waals surface area contributed by atoms with Crippen LogP contribution in [0, 0.1) is 0 Å². The summed E-state index contributed by atoms with van der Waals surface area (Å²) >= 11 is 3.49. The summed E-state index contributed by atoms with van der Waals surface area (Å²) in [5.74, 6) is -0.643. The molecule has 4 aromatic rings. The van der Waals surface area contributed by atoms with Gasteiger partial charge in [-0.2, -0.15) is 13.2 Å². The fraction of sp³-hybridized carbons (Fsp3) is 0.286. The largest absolute Gasteiger partial charge is 0.399 e. The standard InChI is InChI=1S/C28H22BrF3N4O4S/c1-41(38,39)25-22(3-2-10-33-25)36(26(37)17-5-7-23(34-12-17)27(8-9-27)28(30,31)32)13-16-4-6-18-19-14-40-15-20(19)24(29)35-21(18)11-16/h2-7,10-12H,8-9,13-15H2,1H3. The molecule has 8 nitrogen and oxygen atoms in total. The highest BCUT2D eigenvalue weighted by atomic mass is 79.9. The van der Waals surface area contributed by atoms with Crippen LogP contribution in [-0.2, 0) is 39.7 Å². The predicted molar refractivity (Wildman–Crippen MR) is 147 cm³/mol. The van der Waals surface area contributed by atoms with Gasteiger partial charge < -0.3 is 9.64 Å². The van der Waals surface area contributed by atoms with Gasteiger partial charge in [0.25, 0.3) is 5.91 Å². The lowest BCUT2D eigenvalue weighted by Crippen LogP contribution is -2.33. The molecule has 1 amide bonds. The van der Waals surface area contributed by atoms with E-state index in [0.717, 1.165) is 29.0 Å². The van der Waals surface area contributed by atoms with Crippen LogP contribution in [0.2, 0.25) is 0 Å². The quantitative estimate of drug-likeness (QED) is 0.249. The lowest BCUT2D eigenvalue weighted by Gasteiger charge is -2.25. The van der Waals surface area contributed by atoms with E-state index in [-0.39, 0.29) is 41.4 Å². The molecule has 0 N–H and O–H groups in total.